The van der Waals surface area contributed by atoms with E-state index in [-0.39, 0.29) is 23.9 Å². The Morgan fingerprint density at radius 2 is 1.76 bits per heavy atom. The second-order valence-electron chi connectivity index (χ2n) is 7.44. The Kier molecular flexibility index (Phi) is 5.49. The van der Waals surface area contributed by atoms with Gasteiger partial charge in [-0.2, -0.15) is 0 Å². The van der Waals surface area contributed by atoms with Crippen molar-refractivity contribution in [2.24, 2.45) is 0 Å². The van der Waals surface area contributed by atoms with E-state index in [1.54, 1.807) is 6.92 Å². The van der Waals surface area contributed by atoms with E-state index < -0.39 is 0 Å². The Morgan fingerprint density at radius 1 is 1.03 bits per heavy atom. The lowest BCUT2D eigenvalue weighted by molar-refractivity contribution is -0.132. The van der Waals surface area contributed by atoms with Gasteiger partial charge in [-0.25, -0.2) is 0 Å². The third kappa shape index (κ3) is 3.83. The molecule has 2 heterocycles. The fourth-order valence-electron chi connectivity index (χ4n) is 4.13. The summed E-state index contributed by atoms with van der Waals surface area (Å²) in [5.74, 6) is 0.0646. The van der Waals surface area contributed by atoms with Gasteiger partial charge in [0, 0.05) is 25.2 Å². The van der Waals surface area contributed by atoms with Gasteiger partial charge in [-0.3, -0.25) is 9.59 Å². The maximum absolute atomic E-state index is 13.2. The molecule has 0 saturated heterocycles. The van der Waals surface area contributed by atoms with Crippen LogP contribution in [0.4, 0.5) is 5.69 Å². The largest absolute Gasteiger partial charge is 0.331 e. The van der Waals surface area contributed by atoms with Gasteiger partial charge in [0.15, 0.2) is 0 Å². The molecule has 4 nitrogen and oxygen atoms in total. The molecule has 5 heteroatoms. The number of thiophene rings is 1. The van der Waals surface area contributed by atoms with E-state index in [1.165, 1.54) is 11.3 Å². The summed E-state index contributed by atoms with van der Waals surface area (Å²) >= 11 is 1.46. The summed E-state index contributed by atoms with van der Waals surface area (Å²) < 4.78 is 0. The van der Waals surface area contributed by atoms with Gasteiger partial charge in [0.1, 0.15) is 0 Å². The molecule has 0 bridgehead atoms. The van der Waals surface area contributed by atoms with Crippen LogP contribution in [0.25, 0.3) is 0 Å². The van der Waals surface area contributed by atoms with Crippen molar-refractivity contribution in [1.29, 1.82) is 0 Å². The lowest BCUT2D eigenvalue weighted by atomic mass is 9.90. The van der Waals surface area contributed by atoms with Crippen LogP contribution in [0.3, 0.4) is 0 Å². The summed E-state index contributed by atoms with van der Waals surface area (Å²) in [7, 11) is 0. The molecular weight excluding hydrogens is 380 g/mol. The Hall–Kier alpha value is -2.92. The molecule has 2 atom stereocenters. The molecule has 29 heavy (non-hydrogen) atoms. The predicted molar refractivity (Wildman–Crippen MR) is 117 cm³/mol. The fraction of sp³-hybridized carbons (Fsp3) is 0.250. The SMILES string of the molecule is CC(=O)N(Cc1ccccc1)[C@@H]1C[C@H](C)N(C(=O)c2cccs2)c2ccccc21. The van der Waals surface area contributed by atoms with Crippen LogP contribution in [0.1, 0.15) is 47.1 Å². The smallest absolute Gasteiger partial charge is 0.268 e. The topological polar surface area (TPSA) is 40.6 Å². The molecule has 0 radical (unpaired) electrons. The van der Waals surface area contributed by atoms with Crippen molar-refractivity contribution >= 4 is 28.8 Å². The average molecular weight is 405 g/mol. The van der Waals surface area contributed by atoms with Gasteiger partial charge in [0.05, 0.1) is 10.9 Å². The Morgan fingerprint density at radius 3 is 2.45 bits per heavy atom. The van der Waals surface area contributed by atoms with Gasteiger partial charge in [-0.05, 0) is 42.0 Å². The van der Waals surface area contributed by atoms with E-state index in [2.05, 4.69) is 6.92 Å². The number of fused-ring (bicyclic) bond motifs is 1. The quantitative estimate of drug-likeness (QED) is 0.594. The second-order valence-corrected chi connectivity index (χ2v) is 8.39. The summed E-state index contributed by atoms with van der Waals surface area (Å²) in [5.41, 5.74) is 3.03. The molecule has 2 aromatic carbocycles. The lowest BCUT2D eigenvalue weighted by Gasteiger charge is -2.43. The molecule has 0 fully saturated rings. The van der Waals surface area contributed by atoms with Gasteiger partial charge in [-0.15, -0.1) is 11.3 Å². The number of para-hydroxylation sites is 1. The number of benzene rings is 2. The molecule has 1 aromatic heterocycles. The first-order valence-corrected chi connectivity index (χ1v) is 10.7. The molecule has 148 valence electrons. The van der Waals surface area contributed by atoms with E-state index in [9.17, 15) is 9.59 Å². The summed E-state index contributed by atoms with van der Waals surface area (Å²) in [6.07, 6.45) is 0.709. The highest BCUT2D eigenvalue weighted by atomic mass is 32.1. The average Bonchev–Trinajstić information content (AvgIpc) is 3.27. The van der Waals surface area contributed by atoms with Crippen molar-refractivity contribution in [2.45, 2.75) is 38.9 Å². The first-order valence-electron chi connectivity index (χ1n) is 9.83. The molecule has 0 spiro atoms. The number of nitrogens with zero attached hydrogens (tertiary/aromatic N) is 2. The van der Waals surface area contributed by atoms with E-state index in [1.807, 2.05) is 81.9 Å². The summed E-state index contributed by atoms with van der Waals surface area (Å²) in [6, 6.07) is 21.7. The standard InChI is InChI=1S/C24H24N2O2S/c1-17-15-22(25(18(2)27)16-19-9-4-3-5-10-19)20-11-6-7-12-21(20)26(17)24(28)23-13-8-14-29-23/h3-14,17,22H,15-16H2,1-2H3/t17-,22+/m0/s1. The summed E-state index contributed by atoms with van der Waals surface area (Å²) in [6.45, 7) is 4.25. The van der Waals surface area contributed by atoms with Gasteiger partial charge in [0.25, 0.3) is 5.91 Å². The van der Waals surface area contributed by atoms with Crippen molar-refractivity contribution < 1.29 is 9.59 Å². The first kappa shape index (κ1) is 19.4. The van der Waals surface area contributed by atoms with Crippen LogP contribution < -0.4 is 4.90 Å². The zero-order valence-electron chi connectivity index (χ0n) is 16.6. The molecule has 0 N–H and O–H groups in total. The minimum absolute atomic E-state index is 0.0119. The van der Waals surface area contributed by atoms with Crippen molar-refractivity contribution in [3.05, 3.63) is 88.1 Å². The van der Waals surface area contributed by atoms with Crippen LogP contribution in [-0.4, -0.2) is 22.8 Å². The van der Waals surface area contributed by atoms with Crippen molar-refractivity contribution in [2.75, 3.05) is 4.90 Å². The number of anilines is 1. The Balaban J connectivity index is 1.72. The van der Waals surface area contributed by atoms with Crippen LogP contribution >= 0.6 is 11.3 Å². The van der Waals surface area contributed by atoms with Gasteiger partial charge in [0.2, 0.25) is 5.91 Å². The van der Waals surface area contributed by atoms with Gasteiger partial charge < -0.3 is 9.80 Å². The number of hydrogen-bond donors (Lipinski definition) is 0. The number of carbonyl (C=O) groups excluding carboxylic acids is 2. The van der Waals surface area contributed by atoms with Crippen LogP contribution in [0.2, 0.25) is 0 Å². The maximum Gasteiger partial charge on any atom is 0.268 e. The van der Waals surface area contributed by atoms with E-state index in [0.717, 1.165) is 21.7 Å². The summed E-state index contributed by atoms with van der Waals surface area (Å²) in [5, 5.41) is 1.92. The van der Waals surface area contributed by atoms with Crippen molar-refractivity contribution in [3.8, 4) is 0 Å². The number of amides is 2. The second kappa shape index (κ2) is 8.21. The van der Waals surface area contributed by atoms with E-state index in [4.69, 9.17) is 0 Å². The van der Waals surface area contributed by atoms with Crippen LogP contribution in [0.5, 0.6) is 0 Å². The van der Waals surface area contributed by atoms with Crippen LogP contribution in [0.15, 0.2) is 72.1 Å². The Bertz CT molecular complexity index is 1000. The molecule has 2 amide bonds. The zero-order chi connectivity index (χ0) is 20.4. The molecule has 0 unspecified atom stereocenters. The molecule has 1 aliphatic heterocycles. The molecule has 1 aliphatic rings. The van der Waals surface area contributed by atoms with Gasteiger partial charge >= 0.3 is 0 Å². The first-order chi connectivity index (χ1) is 14.1. The van der Waals surface area contributed by atoms with Crippen molar-refractivity contribution in [1.82, 2.24) is 4.90 Å². The molecule has 3 aromatic rings. The molecule has 0 saturated carbocycles. The minimum atomic E-state index is -0.0636. The Labute approximate surface area is 175 Å². The maximum atomic E-state index is 13.2. The van der Waals surface area contributed by atoms with Crippen molar-refractivity contribution in [3.63, 3.8) is 0 Å². The third-order valence-electron chi connectivity index (χ3n) is 5.49. The number of rotatable bonds is 4. The normalized spacial score (nSPS) is 18.2. The predicted octanol–water partition coefficient (Wildman–Crippen LogP) is 5.28. The number of hydrogen-bond acceptors (Lipinski definition) is 3. The molecule has 4 rings (SSSR count). The number of carbonyl (C=O) groups is 2. The fourth-order valence-corrected chi connectivity index (χ4v) is 4.79. The van der Waals surface area contributed by atoms with Gasteiger partial charge in [-0.1, -0.05) is 54.6 Å². The van der Waals surface area contributed by atoms with Crippen LogP contribution in [0, 0.1) is 0 Å². The third-order valence-corrected chi connectivity index (χ3v) is 6.35. The minimum Gasteiger partial charge on any atom is -0.331 e. The van der Waals surface area contributed by atoms with E-state index in [0.29, 0.717) is 13.0 Å². The summed E-state index contributed by atoms with van der Waals surface area (Å²) in [4.78, 5) is 30.4. The molecule has 0 aliphatic carbocycles. The molecular formula is C24H24N2O2S. The highest BCUT2D eigenvalue weighted by Gasteiger charge is 2.37. The monoisotopic (exact) mass is 404 g/mol. The van der Waals surface area contributed by atoms with Crippen LogP contribution in [-0.2, 0) is 11.3 Å². The lowest BCUT2D eigenvalue weighted by Crippen LogP contribution is -2.47. The zero-order valence-corrected chi connectivity index (χ0v) is 17.4. The highest BCUT2D eigenvalue weighted by molar-refractivity contribution is 7.12. The van der Waals surface area contributed by atoms with E-state index >= 15 is 0 Å². The highest BCUT2D eigenvalue weighted by Crippen LogP contribution is 2.41.